The van der Waals surface area contributed by atoms with Crippen LogP contribution in [0.1, 0.15) is 12.8 Å². The SMILES string of the molecule is OCC1CCCN(c2ccncn2)C1. The van der Waals surface area contributed by atoms with Gasteiger partial charge in [-0.2, -0.15) is 0 Å². The Morgan fingerprint density at radius 3 is 3.21 bits per heavy atom. The molecule has 1 saturated heterocycles. The van der Waals surface area contributed by atoms with Gasteiger partial charge >= 0.3 is 0 Å². The maximum Gasteiger partial charge on any atom is 0.131 e. The van der Waals surface area contributed by atoms with Crippen molar-refractivity contribution in [2.75, 3.05) is 24.6 Å². The largest absolute Gasteiger partial charge is 0.396 e. The number of anilines is 1. The molecule has 76 valence electrons. The number of aromatic nitrogens is 2. The third kappa shape index (κ3) is 2.01. The fraction of sp³-hybridized carbons (Fsp3) is 0.600. The minimum atomic E-state index is 0.279. The van der Waals surface area contributed by atoms with E-state index in [4.69, 9.17) is 5.11 Å². The third-order valence-corrected chi connectivity index (χ3v) is 2.67. The Labute approximate surface area is 83.6 Å². The van der Waals surface area contributed by atoms with E-state index in [2.05, 4.69) is 14.9 Å². The monoisotopic (exact) mass is 193 g/mol. The summed E-state index contributed by atoms with van der Waals surface area (Å²) in [5.74, 6) is 1.37. The zero-order chi connectivity index (χ0) is 9.80. The molecule has 0 bridgehead atoms. The Balaban J connectivity index is 2.04. The van der Waals surface area contributed by atoms with Gasteiger partial charge in [0.05, 0.1) is 0 Å². The highest BCUT2D eigenvalue weighted by Gasteiger charge is 2.19. The van der Waals surface area contributed by atoms with Crippen LogP contribution in [0.15, 0.2) is 18.6 Å². The lowest BCUT2D eigenvalue weighted by molar-refractivity contribution is 0.208. The highest BCUT2D eigenvalue weighted by atomic mass is 16.3. The van der Waals surface area contributed by atoms with Gasteiger partial charge in [-0.15, -0.1) is 0 Å². The molecule has 2 rings (SSSR count). The van der Waals surface area contributed by atoms with Crippen molar-refractivity contribution in [1.82, 2.24) is 9.97 Å². The number of rotatable bonds is 2. The van der Waals surface area contributed by atoms with E-state index < -0.39 is 0 Å². The topological polar surface area (TPSA) is 49.2 Å². The van der Waals surface area contributed by atoms with Crippen molar-refractivity contribution in [3.05, 3.63) is 18.6 Å². The van der Waals surface area contributed by atoms with Crippen LogP contribution >= 0.6 is 0 Å². The molecule has 0 amide bonds. The first-order valence-electron chi connectivity index (χ1n) is 5.02. The summed E-state index contributed by atoms with van der Waals surface area (Å²) in [6.45, 7) is 2.22. The first-order chi connectivity index (χ1) is 6.90. The first kappa shape index (κ1) is 9.40. The molecule has 1 atom stereocenters. The van der Waals surface area contributed by atoms with Crippen LogP contribution < -0.4 is 4.90 Å². The Kier molecular flexibility index (Phi) is 2.93. The Morgan fingerprint density at radius 1 is 1.57 bits per heavy atom. The maximum absolute atomic E-state index is 9.10. The van der Waals surface area contributed by atoms with Crippen LogP contribution in [0.5, 0.6) is 0 Å². The van der Waals surface area contributed by atoms with Gasteiger partial charge in [0.15, 0.2) is 0 Å². The van der Waals surface area contributed by atoms with Gasteiger partial charge < -0.3 is 10.0 Å². The molecule has 1 aliphatic heterocycles. The van der Waals surface area contributed by atoms with Crippen molar-refractivity contribution in [2.45, 2.75) is 12.8 Å². The van der Waals surface area contributed by atoms with Crippen molar-refractivity contribution in [3.63, 3.8) is 0 Å². The van der Waals surface area contributed by atoms with Crippen LogP contribution in [-0.4, -0.2) is 34.8 Å². The molecule has 1 aliphatic rings. The van der Waals surface area contributed by atoms with E-state index in [0.29, 0.717) is 5.92 Å². The van der Waals surface area contributed by atoms with Gasteiger partial charge in [-0.25, -0.2) is 9.97 Å². The van der Waals surface area contributed by atoms with E-state index in [1.807, 2.05) is 6.07 Å². The zero-order valence-electron chi connectivity index (χ0n) is 8.13. The van der Waals surface area contributed by atoms with Gasteiger partial charge in [-0.3, -0.25) is 0 Å². The number of aliphatic hydroxyl groups is 1. The fourth-order valence-electron chi connectivity index (χ4n) is 1.89. The molecule has 1 aromatic heterocycles. The molecule has 1 unspecified atom stereocenters. The quantitative estimate of drug-likeness (QED) is 0.750. The molecule has 4 heteroatoms. The van der Waals surface area contributed by atoms with Crippen molar-refractivity contribution in [2.24, 2.45) is 5.92 Å². The van der Waals surface area contributed by atoms with Crippen molar-refractivity contribution in [1.29, 1.82) is 0 Å². The van der Waals surface area contributed by atoms with Crippen LogP contribution in [-0.2, 0) is 0 Å². The third-order valence-electron chi connectivity index (χ3n) is 2.67. The number of aliphatic hydroxyl groups excluding tert-OH is 1. The summed E-state index contributed by atoms with van der Waals surface area (Å²) in [6, 6.07) is 1.92. The average Bonchev–Trinajstić information content (AvgIpc) is 2.30. The predicted octanol–water partition coefficient (Wildman–Crippen LogP) is 0.685. The van der Waals surface area contributed by atoms with Crippen LogP contribution in [0.2, 0.25) is 0 Å². The van der Waals surface area contributed by atoms with Crippen LogP contribution in [0.3, 0.4) is 0 Å². The van der Waals surface area contributed by atoms with Crippen molar-refractivity contribution < 1.29 is 5.11 Å². The lowest BCUT2D eigenvalue weighted by Crippen LogP contribution is -2.37. The van der Waals surface area contributed by atoms with Crippen LogP contribution in [0.25, 0.3) is 0 Å². The molecule has 0 radical (unpaired) electrons. The summed E-state index contributed by atoms with van der Waals surface area (Å²) in [7, 11) is 0. The second-order valence-corrected chi connectivity index (χ2v) is 3.70. The average molecular weight is 193 g/mol. The van der Waals surface area contributed by atoms with E-state index >= 15 is 0 Å². The lowest BCUT2D eigenvalue weighted by atomic mass is 9.99. The summed E-state index contributed by atoms with van der Waals surface area (Å²) >= 11 is 0. The smallest absolute Gasteiger partial charge is 0.131 e. The number of nitrogens with zero attached hydrogens (tertiary/aromatic N) is 3. The molecular formula is C10H15N3O. The second-order valence-electron chi connectivity index (χ2n) is 3.70. The van der Waals surface area contributed by atoms with Gasteiger partial charge in [0.2, 0.25) is 0 Å². The van der Waals surface area contributed by atoms with Crippen LogP contribution in [0, 0.1) is 5.92 Å². The molecule has 4 nitrogen and oxygen atoms in total. The van der Waals surface area contributed by atoms with Gasteiger partial charge in [0, 0.05) is 25.9 Å². The van der Waals surface area contributed by atoms with E-state index in [9.17, 15) is 0 Å². The highest BCUT2D eigenvalue weighted by molar-refractivity contribution is 5.36. The summed E-state index contributed by atoms with van der Waals surface area (Å²) < 4.78 is 0. The zero-order valence-corrected chi connectivity index (χ0v) is 8.13. The molecule has 1 aromatic rings. The summed E-state index contributed by atoms with van der Waals surface area (Å²) in [6.07, 6.45) is 5.58. The molecule has 0 spiro atoms. The van der Waals surface area contributed by atoms with E-state index in [1.165, 1.54) is 0 Å². The summed E-state index contributed by atoms with van der Waals surface area (Å²) in [5.41, 5.74) is 0. The molecule has 14 heavy (non-hydrogen) atoms. The van der Waals surface area contributed by atoms with Crippen molar-refractivity contribution >= 4 is 5.82 Å². The molecule has 2 heterocycles. The van der Waals surface area contributed by atoms with Crippen LogP contribution in [0.4, 0.5) is 5.82 Å². The molecule has 0 saturated carbocycles. The van der Waals surface area contributed by atoms with Gasteiger partial charge in [-0.05, 0) is 24.8 Å². The fourth-order valence-corrected chi connectivity index (χ4v) is 1.89. The minimum absolute atomic E-state index is 0.279. The Bertz CT molecular complexity index is 278. The van der Waals surface area contributed by atoms with Gasteiger partial charge in [0.25, 0.3) is 0 Å². The van der Waals surface area contributed by atoms with Gasteiger partial charge in [0.1, 0.15) is 12.1 Å². The van der Waals surface area contributed by atoms with E-state index in [1.54, 1.807) is 12.5 Å². The predicted molar refractivity (Wildman–Crippen MR) is 54.1 cm³/mol. The maximum atomic E-state index is 9.10. The Morgan fingerprint density at radius 2 is 2.50 bits per heavy atom. The van der Waals surface area contributed by atoms with Gasteiger partial charge in [-0.1, -0.05) is 0 Å². The molecule has 1 N–H and O–H groups in total. The second kappa shape index (κ2) is 4.37. The lowest BCUT2D eigenvalue weighted by Gasteiger charge is -2.32. The minimum Gasteiger partial charge on any atom is -0.396 e. The molecule has 0 aliphatic carbocycles. The normalized spacial score (nSPS) is 22.4. The molecule has 1 fully saturated rings. The summed E-state index contributed by atoms with van der Waals surface area (Å²) in [4.78, 5) is 10.3. The molecule has 0 aromatic carbocycles. The van der Waals surface area contributed by atoms with Crippen molar-refractivity contribution in [3.8, 4) is 0 Å². The number of hydrogen-bond donors (Lipinski definition) is 1. The van der Waals surface area contributed by atoms with E-state index in [-0.39, 0.29) is 6.61 Å². The summed E-state index contributed by atoms with van der Waals surface area (Å²) in [5, 5.41) is 9.10. The van der Waals surface area contributed by atoms with E-state index in [0.717, 1.165) is 31.7 Å². The highest BCUT2D eigenvalue weighted by Crippen LogP contribution is 2.20. The standard InChI is InChI=1S/C10H15N3O/c14-7-9-2-1-5-13(6-9)10-3-4-11-8-12-10/h3-4,8-9,14H,1-2,5-7H2. The molecular weight excluding hydrogens is 178 g/mol. The number of hydrogen-bond acceptors (Lipinski definition) is 4. The number of piperidine rings is 1. The first-order valence-corrected chi connectivity index (χ1v) is 5.02. The Hall–Kier alpha value is -1.16.